The number of carboxylic acid groups (broad SMARTS) is 2. The fourth-order valence-corrected chi connectivity index (χ4v) is 3.31. The van der Waals surface area contributed by atoms with E-state index in [0.29, 0.717) is 24.1 Å². The van der Waals surface area contributed by atoms with Gasteiger partial charge in [0, 0.05) is 24.7 Å². The van der Waals surface area contributed by atoms with E-state index in [1.165, 1.54) is 12.0 Å². The molecule has 3 atom stereocenters. The second kappa shape index (κ2) is 9.38. The Morgan fingerprint density at radius 3 is 2.31 bits per heavy atom. The van der Waals surface area contributed by atoms with Gasteiger partial charge in [0.1, 0.15) is 5.75 Å². The molecule has 1 aliphatic rings. The van der Waals surface area contributed by atoms with Gasteiger partial charge in [0.15, 0.2) is 0 Å². The highest BCUT2D eigenvalue weighted by molar-refractivity contribution is 5.89. The number of hydrogen-bond acceptors (Lipinski definition) is 4. The minimum Gasteiger partial charge on any atom is -0.497 e. The number of ether oxygens (including phenoxy) is 1. The summed E-state index contributed by atoms with van der Waals surface area (Å²) in [6.07, 6.45) is 2.32. The minimum absolute atomic E-state index is 0.250. The molecule has 0 aliphatic carbocycles. The number of likely N-dealkylation sites (tertiary alicyclic amines) is 1. The van der Waals surface area contributed by atoms with Crippen molar-refractivity contribution >= 4 is 11.9 Å². The summed E-state index contributed by atoms with van der Waals surface area (Å²) in [5.41, 5.74) is 1.66. The number of benzene rings is 1. The smallest absolute Gasteiger partial charge is 0.328 e. The zero-order valence-corrected chi connectivity index (χ0v) is 16.1. The molecule has 1 aliphatic heterocycles. The molecular formula is C20H29NO5. The van der Waals surface area contributed by atoms with E-state index in [1.807, 2.05) is 6.07 Å². The van der Waals surface area contributed by atoms with Crippen LogP contribution in [0, 0.1) is 5.92 Å². The molecule has 2 N–H and O–H groups in total. The number of rotatable bonds is 4. The van der Waals surface area contributed by atoms with Gasteiger partial charge in [0.2, 0.25) is 0 Å². The van der Waals surface area contributed by atoms with Crippen molar-refractivity contribution in [1.29, 1.82) is 0 Å². The van der Waals surface area contributed by atoms with Crippen molar-refractivity contribution in [1.82, 2.24) is 4.90 Å². The van der Waals surface area contributed by atoms with Crippen LogP contribution in [-0.2, 0) is 15.0 Å². The molecule has 0 saturated carbocycles. The highest BCUT2D eigenvalue weighted by Crippen LogP contribution is 2.42. The van der Waals surface area contributed by atoms with E-state index in [0.717, 1.165) is 12.3 Å². The molecule has 0 spiro atoms. The largest absolute Gasteiger partial charge is 0.497 e. The number of piperidine rings is 1. The number of hydrogen-bond donors (Lipinski definition) is 2. The number of carbonyl (C=O) groups is 2. The zero-order valence-electron chi connectivity index (χ0n) is 16.1. The molecule has 6 nitrogen and oxygen atoms in total. The summed E-state index contributed by atoms with van der Waals surface area (Å²) >= 11 is 0. The molecule has 1 fully saturated rings. The van der Waals surface area contributed by atoms with Gasteiger partial charge in [-0.2, -0.15) is 0 Å². The summed E-state index contributed by atoms with van der Waals surface area (Å²) < 4.78 is 5.36. The third kappa shape index (κ3) is 5.88. The Bertz CT molecular complexity index is 641. The van der Waals surface area contributed by atoms with E-state index < -0.39 is 11.9 Å². The van der Waals surface area contributed by atoms with E-state index >= 15 is 0 Å². The summed E-state index contributed by atoms with van der Waals surface area (Å²) in [5, 5.41) is 15.6. The second-order valence-corrected chi connectivity index (χ2v) is 7.05. The van der Waals surface area contributed by atoms with Gasteiger partial charge in [0.25, 0.3) is 0 Å². The maximum Gasteiger partial charge on any atom is 0.328 e. The predicted molar refractivity (Wildman–Crippen MR) is 101 cm³/mol. The Labute approximate surface area is 155 Å². The van der Waals surface area contributed by atoms with Crippen molar-refractivity contribution in [3.05, 3.63) is 42.0 Å². The van der Waals surface area contributed by atoms with Gasteiger partial charge < -0.3 is 19.8 Å². The predicted octanol–water partition coefficient (Wildman–Crippen LogP) is 3.02. The third-order valence-corrected chi connectivity index (χ3v) is 5.22. The lowest BCUT2D eigenvalue weighted by atomic mass is 9.66. The van der Waals surface area contributed by atoms with Gasteiger partial charge in [-0.1, -0.05) is 26.0 Å². The highest BCUT2D eigenvalue weighted by atomic mass is 16.5. The SMILES string of the molecule is COc1cccc(C2(C)CC(C)N(C)CC2C)c1.O=C(O)C=CC(=O)O. The maximum absolute atomic E-state index is 9.55. The first-order valence-corrected chi connectivity index (χ1v) is 8.58. The Morgan fingerprint density at radius 1 is 1.23 bits per heavy atom. The molecule has 1 saturated heterocycles. The molecule has 1 heterocycles. The number of methoxy groups -OCH3 is 1. The molecule has 0 bridgehead atoms. The Hall–Kier alpha value is -2.34. The lowest BCUT2D eigenvalue weighted by Gasteiger charge is -2.47. The topological polar surface area (TPSA) is 87.1 Å². The summed E-state index contributed by atoms with van der Waals surface area (Å²) in [6, 6.07) is 9.22. The average Bonchev–Trinajstić information content (AvgIpc) is 2.59. The van der Waals surface area contributed by atoms with Crippen molar-refractivity contribution in [3.63, 3.8) is 0 Å². The van der Waals surface area contributed by atoms with Crippen LogP contribution in [-0.4, -0.2) is 53.8 Å². The van der Waals surface area contributed by atoms with Gasteiger partial charge in [-0.15, -0.1) is 0 Å². The van der Waals surface area contributed by atoms with Gasteiger partial charge in [-0.05, 0) is 49.4 Å². The quantitative estimate of drug-likeness (QED) is 0.800. The number of nitrogens with zero attached hydrogens (tertiary/aromatic N) is 1. The van der Waals surface area contributed by atoms with Crippen molar-refractivity contribution in [2.75, 3.05) is 20.7 Å². The average molecular weight is 363 g/mol. The first kappa shape index (κ1) is 21.7. The third-order valence-electron chi connectivity index (χ3n) is 5.22. The van der Waals surface area contributed by atoms with Crippen LogP contribution >= 0.6 is 0 Å². The van der Waals surface area contributed by atoms with E-state index in [2.05, 4.69) is 50.9 Å². The molecule has 0 aromatic heterocycles. The summed E-state index contributed by atoms with van der Waals surface area (Å²) in [5.74, 6) is -0.891. The maximum atomic E-state index is 9.55. The second-order valence-electron chi connectivity index (χ2n) is 7.05. The Kier molecular flexibility index (Phi) is 7.83. The van der Waals surface area contributed by atoms with Crippen molar-refractivity contribution in [3.8, 4) is 5.75 Å². The Balaban J connectivity index is 0.000000359. The standard InChI is InChI=1S/C16H25NO.C4H4O4/c1-12-11-17(4)13(2)10-16(12,3)14-7-6-8-15(9-14)18-5;5-3(6)1-2-4(7)8/h6-9,12-13H,10-11H2,1-5H3;1-2H,(H,5,6)(H,7,8). The van der Waals surface area contributed by atoms with Crippen LogP contribution in [0.2, 0.25) is 0 Å². The molecule has 0 amide bonds. The van der Waals surface area contributed by atoms with E-state index in [4.69, 9.17) is 14.9 Å². The first-order chi connectivity index (χ1) is 12.1. The van der Waals surface area contributed by atoms with Crippen LogP contribution < -0.4 is 4.74 Å². The van der Waals surface area contributed by atoms with Crippen LogP contribution in [0.4, 0.5) is 0 Å². The molecule has 1 aromatic rings. The number of carboxylic acids is 2. The van der Waals surface area contributed by atoms with Gasteiger partial charge in [0.05, 0.1) is 7.11 Å². The van der Waals surface area contributed by atoms with Gasteiger partial charge in [-0.25, -0.2) is 9.59 Å². The van der Waals surface area contributed by atoms with Crippen LogP contribution in [0.5, 0.6) is 5.75 Å². The van der Waals surface area contributed by atoms with E-state index in [9.17, 15) is 9.59 Å². The summed E-state index contributed by atoms with van der Waals surface area (Å²) in [6.45, 7) is 8.25. The summed E-state index contributed by atoms with van der Waals surface area (Å²) in [7, 11) is 3.97. The zero-order chi connectivity index (χ0) is 19.9. The normalized spacial score (nSPS) is 26.0. The van der Waals surface area contributed by atoms with E-state index in [1.54, 1.807) is 7.11 Å². The fourth-order valence-electron chi connectivity index (χ4n) is 3.31. The molecule has 144 valence electrons. The van der Waals surface area contributed by atoms with Crippen LogP contribution in [0.25, 0.3) is 0 Å². The lowest BCUT2D eigenvalue weighted by molar-refractivity contribution is -0.134. The fraction of sp³-hybridized carbons (Fsp3) is 0.500. The molecule has 0 radical (unpaired) electrons. The van der Waals surface area contributed by atoms with Crippen molar-refractivity contribution in [2.24, 2.45) is 5.92 Å². The monoisotopic (exact) mass is 363 g/mol. The van der Waals surface area contributed by atoms with Crippen LogP contribution in [0.3, 0.4) is 0 Å². The molecule has 2 rings (SSSR count). The Morgan fingerprint density at radius 2 is 1.81 bits per heavy atom. The van der Waals surface area contributed by atoms with Crippen LogP contribution in [0.1, 0.15) is 32.8 Å². The molecule has 6 heteroatoms. The molecule has 26 heavy (non-hydrogen) atoms. The van der Waals surface area contributed by atoms with Gasteiger partial charge >= 0.3 is 11.9 Å². The molecular weight excluding hydrogens is 334 g/mol. The van der Waals surface area contributed by atoms with Crippen molar-refractivity contribution in [2.45, 2.75) is 38.6 Å². The van der Waals surface area contributed by atoms with Gasteiger partial charge in [-0.3, -0.25) is 0 Å². The summed E-state index contributed by atoms with van der Waals surface area (Å²) in [4.78, 5) is 21.6. The first-order valence-electron chi connectivity index (χ1n) is 8.58. The molecule has 3 unspecified atom stereocenters. The van der Waals surface area contributed by atoms with Crippen molar-refractivity contribution < 1.29 is 24.5 Å². The number of aliphatic carboxylic acids is 2. The molecule has 1 aromatic carbocycles. The minimum atomic E-state index is -1.26. The lowest BCUT2D eigenvalue weighted by Crippen LogP contribution is -2.50. The van der Waals surface area contributed by atoms with E-state index in [-0.39, 0.29) is 5.41 Å². The highest BCUT2D eigenvalue weighted by Gasteiger charge is 2.40. The van der Waals surface area contributed by atoms with Crippen LogP contribution in [0.15, 0.2) is 36.4 Å².